The summed E-state index contributed by atoms with van der Waals surface area (Å²) in [5.41, 5.74) is 9.53. The number of allylic oxidation sites excluding steroid dienone is 2. The third-order valence-electron chi connectivity index (χ3n) is 4.07. The zero-order valence-electron chi connectivity index (χ0n) is 14.1. The van der Waals surface area contributed by atoms with Gasteiger partial charge in [-0.2, -0.15) is 0 Å². The Morgan fingerprint density at radius 2 is 2.08 bits per heavy atom. The Morgan fingerprint density at radius 3 is 2.67 bits per heavy atom. The third-order valence-corrected chi connectivity index (χ3v) is 4.07. The summed E-state index contributed by atoms with van der Waals surface area (Å²) in [7, 11) is 1.61. The number of benzene rings is 1. The highest BCUT2D eigenvalue weighted by Crippen LogP contribution is 2.33. The predicted molar refractivity (Wildman–Crippen MR) is 92.4 cm³/mol. The summed E-state index contributed by atoms with van der Waals surface area (Å²) in [6.07, 6.45) is 4.78. The number of aromatic nitrogens is 1. The van der Waals surface area contributed by atoms with E-state index in [1.165, 1.54) is 0 Å². The van der Waals surface area contributed by atoms with E-state index in [0.29, 0.717) is 18.4 Å². The summed E-state index contributed by atoms with van der Waals surface area (Å²) in [5, 5.41) is 9.54. The molecule has 0 aliphatic heterocycles. The lowest BCUT2D eigenvalue weighted by molar-refractivity contribution is -0.136. The van der Waals surface area contributed by atoms with Gasteiger partial charge in [0.15, 0.2) is 0 Å². The molecule has 1 heterocycles. The number of methoxy groups -OCH3 is 1. The molecule has 2 aromatic rings. The Morgan fingerprint density at radius 1 is 1.38 bits per heavy atom. The summed E-state index contributed by atoms with van der Waals surface area (Å²) in [6.45, 7) is 3.83. The number of carboxylic acids is 1. The molecule has 0 saturated heterocycles. The third kappa shape index (κ3) is 3.59. The Balaban J connectivity index is 2.45. The van der Waals surface area contributed by atoms with Gasteiger partial charge in [0.1, 0.15) is 5.75 Å². The minimum Gasteiger partial charge on any atom is -0.496 e. The highest BCUT2D eigenvalue weighted by Gasteiger charge is 2.17. The molecule has 0 radical (unpaired) electrons. The van der Waals surface area contributed by atoms with E-state index in [1.807, 2.05) is 26.0 Å². The summed E-state index contributed by atoms with van der Waals surface area (Å²) < 4.78 is 5.52. The van der Waals surface area contributed by atoms with Crippen molar-refractivity contribution >= 4 is 22.8 Å². The maximum Gasteiger partial charge on any atom is 0.303 e. The molecule has 128 valence electrons. The Hall–Kier alpha value is -2.76. The highest BCUT2D eigenvalue weighted by atomic mass is 16.5. The fourth-order valence-electron chi connectivity index (χ4n) is 2.83. The standard InChI is InChI=1S/C18H22N2O4/c1-10(5-7-15(21)22)4-6-12-16-13(8-11(2)17(12)24-3)14(9-20-16)18(19)23/h4,8-9,20H,5-7H2,1-3H3,(H2,19,23)(H,21,22)/b10-4+. The molecule has 1 aromatic carbocycles. The summed E-state index contributed by atoms with van der Waals surface area (Å²) in [4.78, 5) is 25.3. The van der Waals surface area contributed by atoms with Gasteiger partial charge in [-0.1, -0.05) is 11.6 Å². The van der Waals surface area contributed by atoms with Gasteiger partial charge in [-0.25, -0.2) is 0 Å². The van der Waals surface area contributed by atoms with E-state index in [-0.39, 0.29) is 6.42 Å². The van der Waals surface area contributed by atoms with Crippen molar-refractivity contribution < 1.29 is 19.4 Å². The quantitative estimate of drug-likeness (QED) is 0.679. The zero-order chi connectivity index (χ0) is 17.9. The molecule has 0 saturated carbocycles. The number of aliphatic carboxylic acids is 1. The number of carbonyl (C=O) groups excluding carboxylic acids is 1. The van der Waals surface area contributed by atoms with Crippen LogP contribution in [-0.2, 0) is 11.2 Å². The number of ether oxygens (including phenoxy) is 1. The number of rotatable bonds is 7. The summed E-state index contributed by atoms with van der Waals surface area (Å²) in [6, 6.07) is 1.88. The number of nitrogens with two attached hydrogens (primary N) is 1. The molecular weight excluding hydrogens is 308 g/mol. The van der Waals surface area contributed by atoms with Gasteiger partial charge in [0, 0.05) is 23.6 Å². The molecule has 0 atom stereocenters. The van der Waals surface area contributed by atoms with Crippen LogP contribution in [0.4, 0.5) is 0 Å². The minimum atomic E-state index is -0.811. The van der Waals surface area contributed by atoms with Crippen LogP contribution in [0.25, 0.3) is 10.9 Å². The van der Waals surface area contributed by atoms with Crippen molar-refractivity contribution in [1.82, 2.24) is 4.98 Å². The van der Waals surface area contributed by atoms with E-state index < -0.39 is 11.9 Å². The molecule has 6 nitrogen and oxygen atoms in total. The number of carbonyl (C=O) groups is 2. The normalized spacial score (nSPS) is 11.7. The van der Waals surface area contributed by atoms with Crippen LogP contribution in [0.2, 0.25) is 0 Å². The number of H-pyrrole nitrogens is 1. The van der Waals surface area contributed by atoms with Crippen molar-refractivity contribution in [1.29, 1.82) is 0 Å². The number of aryl methyl sites for hydroxylation is 1. The maximum absolute atomic E-state index is 11.6. The van der Waals surface area contributed by atoms with Crippen LogP contribution in [0.3, 0.4) is 0 Å². The van der Waals surface area contributed by atoms with E-state index in [2.05, 4.69) is 4.98 Å². The second-order valence-corrected chi connectivity index (χ2v) is 5.84. The number of amides is 1. The monoisotopic (exact) mass is 330 g/mol. The molecule has 0 bridgehead atoms. The molecule has 1 amide bonds. The van der Waals surface area contributed by atoms with Gasteiger partial charge in [-0.05, 0) is 38.3 Å². The van der Waals surface area contributed by atoms with Crippen LogP contribution in [-0.4, -0.2) is 29.1 Å². The van der Waals surface area contributed by atoms with E-state index in [4.69, 9.17) is 15.6 Å². The average Bonchev–Trinajstić information content (AvgIpc) is 2.93. The molecule has 0 spiro atoms. The van der Waals surface area contributed by atoms with Crippen LogP contribution < -0.4 is 10.5 Å². The fraction of sp³-hybridized carbons (Fsp3) is 0.333. The summed E-state index contributed by atoms with van der Waals surface area (Å²) in [5.74, 6) is -0.540. The van der Waals surface area contributed by atoms with Crippen molar-refractivity contribution in [3.8, 4) is 5.75 Å². The van der Waals surface area contributed by atoms with Gasteiger partial charge in [0.25, 0.3) is 5.91 Å². The largest absolute Gasteiger partial charge is 0.496 e. The number of hydrogen-bond donors (Lipinski definition) is 3. The van der Waals surface area contributed by atoms with Crippen molar-refractivity contribution in [2.24, 2.45) is 5.73 Å². The lowest BCUT2D eigenvalue weighted by Crippen LogP contribution is -2.10. The van der Waals surface area contributed by atoms with Crippen LogP contribution >= 0.6 is 0 Å². The molecule has 0 fully saturated rings. The van der Waals surface area contributed by atoms with Crippen LogP contribution in [0.1, 0.15) is 41.3 Å². The molecule has 6 heteroatoms. The molecule has 0 unspecified atom stereocenters. The first-order valence-electron chi connectivity index (χ1n) is 7.70. The van der Waals surface area contributed by atoms with Gasteiger partial charge in [-0.15, -0.1) is 0 Å². The number of nitrogens with one attached hydrogen (secondary N) is 1. The highest BCUT2D eigenvalue weighted by molar-refractivity contribution is 6.07. The molecular formula is C18H22N2O4. The summed E-state index contributed by atoms with van der Waals surface area (Å²) >= 11 is 0. The number of carboxylic acid groups (broad SMARTS) is 1. The zero-order valence-corrected chi connectivity index (χ0v) is 14.1. The Labute approximate surface area is 140 Å². The van der Waals surface area contributed by atoms with E-state index in [1.54, 1.807) is 13.3 Å². The molecule has 0 aliphatic carbocycles. The van der Waals surface area contributed by atoms with Crippen LogP contribution in [0.5, 0.6) is 5.75 Å². The SMILES string of the molecule is COc1c(C)cc2c(C(N)=O)c[nH]c2c1C/C=C(\C)CCC(=O)O. The number of hydrogen-bond acceptors (Lipinski definition) is 3. The minimum absolute atomic E-state index is 0.108. The lowest BCUT2D eigenvalue weighted by atomic mass is 9.99. The number of fused-ring (bicyclic) bond motifs is 1. The van der Waals surface area contributed by atoms with Crippen molar-refractivity contribution in [2.45, 2.75) is 33.1 Å². The van der Waals surface area contributed by atoms with Gasteiger partial charge >= 0.3 is 5.97 Å². The molecule has 24 heavy (non-hydrogen) atoms. The molecule has 0 aliphatic rings. The maximum atomic E-state index is 11.6. The Kier molecular flexibility index (Phi) is 5.28. The van der Waals surface area contributed by atoms with Gasteiger partial charge in [0.05, 0.1) is 18.2 Å². The van der Waals surface area contributed by atoms with Gasteiger partial charge < -0.3 is 20.6 Å². The number of aromatic amines is 1. The van der Waals surface area contributed by atoms with Crippen molar-refractivity contribution in [2.75, 3.05) is 7.11 Å². The number of primary amides is 1. The fourth-order valence-corrected chi connectivity index (χ4v) is 2.83. The van der Waals surface area contributed by atoms with Gasteiger partial charge in [-0.3, -0.25) is 9.59 Å². The van der Waals surface area contributed by atoms with Crippen molar-refractivity contribution in [3.63, 3.8) is 0 Å². The second-order valence-electron chi connectivity index (χ2n) is 5.84. The Bertz CT molecular complexity index is 818. The first-order valence-corrected chi connectivity index (χ1v) is 7.70. The van der Waals surface area contributed by atoms with E-state index >= 15 is 0 Å². The molecule has 1 aromatic heterocycles. The smallest absolute Gasteiger partial charge is 0.303 e. The van der Waals surface area contributed by atoms with Crippen molar-refractivity contribution in [3.05, 3.63) is 40.6 Å². The van der Waals surface area contributed by atoms with Crippen LogP contribution in [0.15, 0.2) is 23.9 Å². The predicted octanol–water partition coefficient (Wildman–Crippen LogP) is 2.94. The topological polar surface area (TPSA) is 105 Å². The lowest BCUT2D eigenvalue weighted by Gasteiger charge is -2.12. The van der Waals surface area contributed by atoms with E-state index in [9.17, 15) is 9.59 Å². The van der Waals surface area contributed by atoms with Gasteiger partial charge in [0.2, 0.25) is 0 Å². The average molecular weight is 330 g/mol. The second kappa shape index (κ2) is 7.21. The molecule has 2 rings (SSSR count). The first-order chi connectivity index (χ1) is 11.3. The van der Waals surface area contributed by atoms with E-state index in [0.717, 1.165) is 33.4 Å². The molecule has 4 N–H and O–H groups in total. The van der Waals surface area contributed by atoms with Crippen LogP contribution in [0, 0.1) is 6.92 Å². The first kappa shape index (κ1) is 17.6.